The van der Waals surface area contributed by atoms with Crippen molar-refractivity contribution in [1.29, 1.82) is 0 Å². The number of benzene rings is 2. The van der Waals surface area contributed by atoms with Crippen molar-refractivity contribution in [2.75, 3.05) is 44.3 Å². The highest BCUT2D eigenvalue weighted by molar-refractivity contribution is 7.90. The number of esters is 1. The number of sulfone groups is 1. The largest absolute Gasteiger partial charge is 0.497 e. The van der Waals surface area contributed by atoms with E-state index in [0.29, 0.717) is 22.7 Å². The van der Waals surface area contributed by atoms with E-state index in [-0.39, 0.29) is 29.7 Å². The Kier molecular flexibility index (Phi) is 7.65. The van der Waals surface area contributed by atoms with E-state index in [0.717, 1.165) is 6.26 Å². The van der Waals surface area contributed by atoms with E-state index in [4.69, 9.17) is 14.2 Å². The molecule has 0 aliphatic heterocycles. The highest BCUT2D eigenvalue weighted by atomic mass is 32.2. The van der Waals surface area contributed by atoms with Crippen molar-refractivity contribution < 1.29 is 32.2 Å². The van der Waals surface area contributed by atoms with Gasteiger partial charge in [0.15, 0.2) is 15.6 Å². The number of ether oxygens (including phenoxy) is 3. The van der Waals surface area contributed by atoms with E-state index in [1.54, 1.807) is 31.2 Å². The minimum atomic E-state index is -3.59. The maximum Gasteiger partial charge on any atom is 0.338 e. The minimum absolute atomic E-state index is 0.0539. The summed E-state index contributed by atoms with van der Waals surface area (Å²) in [6, 6.07) is 9.14. The molecule has 0 spiro atoms. The first-order valence-electron chi connectivity index (χ1n) is 8.96. The van der Waals surface area contributed by atoms with Crippen LogP contribution in [0.25, 0.3) is 0 Å². The first kappa shape index (κ1) is 23.0. The van der Waals surface area contributed by atoms with Gasteiger partial charge in [-0.05, 0) is 31.2 Å². The molecule has 0 unspecified atom stereocenters. The second kappa shape index (κ2) is 9.97. The number of carbonyl (C=O) groups excluding carboxylic acids is 2. The zero-order valence-corrected chi connectivity index (χ0v) is 18.0. The summed E-state index contributed by atoms with van der Waals surface area (Å²) < 4.78 is 39.4. The van der Waals surface area contributed by atoms with Crippen LogP contribution in [-0.2, 0) is 19.4 Å². The smallest absolute Gasteiger partial charge is 0.338 e. The summed E-state index contributed by atoms with van der Waals surface area (Å²) in [6.45, 7) is 1.83. The van der Waals surface area contributed by atoms with Gasteiger partial charge in [-0.2, -0.15) is 0 Å². The Morgan fingerprint density at radius 2 is 1.70 bits per heavy atom. The van der Waals surface area contributed by atoms with Gasteiger partial charge in [0.05, 0.1) is 38.6 Å². The van der Waals surface area contributed by atoms with Crippen molar-refractivity contribution in [3.63, 3.8) is 0 Å². The number of hydrogen-bond acceptors (Lipinski definition) is 8. The molecule has 0 radical (unpaired) electrons. The molecule has 0 saturated heterocycles. The van der Waals surface area contributed by atoms with Gasteiger partial charge in [-0.1, -0.05) is 0 Å². The lowest BCUT2D eigenvalue weighted by atomic mass is 10.2. The van der Waals surface area contributed by atoms with Crippen molar-refractivity contribution >= 4 is 33.1 Å². The highest BCUT2D eigenvalue weighted by Crippen LogP contribution is 2.36. The normalized spacial score (nSPS) is 10.8. The molecule has 0 aliphatic rings. The third-order valence-corrected chi connectivity index (χ3v) is 5.09. The number of carbonyl (C=O) groups is 2. The number of rotatable bonds is 9. The van der Waals surface area contributed by atoms with Gasteiger partial charge in [-0.15, -0.1) is 0 Å². The lowest BCUT2D eigenvalue weighted by Crippen LogP contribution is -2.22. The fourth-order valence-electron chi connectivity index (χ4n) is 2.60. The van der Waals surface area contributed by atoms with Gasteiger partial charge < -0.3 is 24.8 Å². The summed E-state index contributed by atoms with van der Waals surface area (Å²) >= 11 is 0. The molecule has 0 fully saturated rings. The second-order valence-corrected chi connectivity index (χ2v) is 8.16. The van der Waals surface area contributed by atoms with Crippen LogP contribution >= 0.6 is 0 Å². The van der Waals surface area contributed by atoms with Gasteiger partial charge >= 0.3 is 5.97 Å². The predicted molar refractivity (Wildman–Crippen MR) is 112 cm³/mol. The Bertz CT molecular complexity index is 1020. The van der Waals surface area contributed by atoms with Crippen LogP contribution < -0.4 is 20.1 Å². The van der Waals surface area contributed by atoms with Crippen LogP contribution in [0.2, 0.25) is 0 Å². The molecule has 2 aromatic carbocycles. The van der Waals surface area contributed by atoms with Gasteiger partial charge in [-0.3, -0.25) is 4.79 Å². The standard InChI is InChI=1S/C20H24N2O7S/c1-5-29-20(24)13-6-8-14(9-7-13)22-18(23)12-21-16-10-15(27-2)11-17(19(16)28-3)30(4,25)26/h6-11,21H,5,12H2,1-4H3,(H,22,23). The number of anilines is 2. The topological polar surface area (TPSA) is 120 Å². The van der Waals surface area contributed by atoms with Gasteiger partial charge in [0.1, 0.15) is 10.6 Å². The maximum absolute atomic E-state index is 12.3. The van der Waals surface area contributed by atoms with Crippen LogP contribution in [0.15, 0.2) is 41.3 Å². The van der Waals surface area contributed by atoms with Crippen LogP contribution in [0.1, 0.15) is 17.3 Å². The molecule has 2 aromatic rings. The molecule has 2 rings (SSSR count). The van der Waals surface area contributed by atoms with Crippen LogP contribution in [0.5, 0.6) is 11.5 Å². The van der Waals surface area contributed by atoms with E-state index >= 15 is 0 Å². The Morgan fingerprint density at radius 1 is 1.03 bits per heavy atom. The molecule has 9 nitrogen and oxygen atoms in total. The summed E-state index contributed by atoms with van der Waals surface area (Å²) in [5.41, 5.74) is 1.16. The minimum Gasteiger partial charge on any atom is -0.497 e. The van der Waals surface area contributed by atoms with Crippen LogP contribution in [-0.4, -0.2) is 53.9 Å². The summed E-state index contributed by atoms with van der Waals surface area (Å²) in [7, 11) is -0.839. The summed E-state index contributed by atoms with van der Waals surface area (Å²) in [6.07, 6.45) is 1.06. The molecule has 2 N–H and O–H groups in total. The SMILES string of the molecule is CCOC(=O)c1ccc(NC(=O)CNc2cc(OC)cc(S(C)(=O)=O)c2OC)cc1. The van der Waals surface area contributed by atoms with Gasteiger partial charge in [-0.25, -0.2) is 13.2 Å². The van der Waals surface area contributed by atoms with E-state index in [1.807, 2.05) is 0 Å². The Labute approximate surface area is 175 Å². The quantitative estimate of drug-likeness (QED) is 0.575. The monoisotopic (exact) mass is 436 g/mol. The first-order valence-corrected chi connectivity index (χ1v) is 10.9. The molecule has 0 aromatic heterocycles. The van der Waals surface area contributed by atoms with E-state index in [9.17, 15) is 18.0 Å². The first-order chi connectivity index (χ1) is 14.2. The third kappa shape index (κ3) is 5.86. The Morgan fingerprint density at radius 3 is 2.23 bits per heavy atom. The zero-order valence-electron chi connectivity index (χ0n) is 17.1. The fourth-order valence-corrected chi connectivity index (χ4v) is 3.46. The van der Waals surface area contributed by atoms with Gasteiger partial charge in [0, 0.05) is 24.1 Å². The third-order valence-electron chi connectivity index (χ3n) is 3.99. The zero-order chi connectivity index (χ0) is 22.3. The van der Waals surface area contributed by atoms with Crippen LogP contribution in [0, 0.1) is 0 Å². The molecule has 10 heteroatoms. The lowest BCUT2D eigenvalue weighted by molar-refractivity contribution is -0.114. The summed E-state index contributed by atoms with van der Waals surface area (Å²) in [5.74, 6) is -0.438. The molecule has 0 heterocycles. The molecule has 162 valence electrons. The van der Waals surface area contributed by atoms with E-state index < -0.39 is 15.8 Å². The molecule has 0 bridgehead atoms. The molecule has 30 heavy (non-hydrogen) atoms. The summed E-state index contributed by atoms with van der Waals surface area (Å²) in [5, 5.41) is 5.54. The average Bonchev–Trinajstić information content (AvgIpc) is 2.71. The Hall–Kier alpha value is -3.27. The number of hydrogen-bond donors (Lipinski definition) is 2. The lowest BCUT2D eigenvalue weighted by Gasteiger charge is -2.16. The van der Waals surface area contributed by atoms with Crippen molar-refractivity contribution in [3.8, 4) is 11.5 Å². The summed E-state index contributed by atoms with van der Waals surface area (Å²) in [4.78, 5) is 23.9. The van der Waals surface area contributed by atoms with Gasteiger partial charge in [0.2, 0.25) is 5.91 Å². The maximum atomic E-state index is 12.3. The van der Waals surface area contributed by atoms with Gasteiger partial charge in [0.25, 0.3) is 0 Å². The molecular formula is C20H24N2O7S. The number of amides is 1. The average molecular weight is 436 g/mol. The van der Waals surface area contributed by atoms with Crippen molar-refractivity contribution in [2.45, 2.75) is 11.8 Å². The molecule has 0 saturated carbocycles. The highest BCUT2D eigenvalue weighted by Gasteiger charge is 2.20. The predicted octanol–water partition coefficient (Wildman–Crippen LogP) is 2.33. The molecular weight excluding hydrogens is 412 g/mol. The molecule has 0 aliphatic carbocycles. The fraction of sp³-hybridized carbons (Fsp3) is 0.300. The van der Waals surface area contributed by atoms with Crippen molar-refractivity contribution in [3.05, 3.63) is 42.0 Å². The number of methoxy groups -OCH3 is 2. The van der Waals surface area contributed by atoms with Crippen molar-refractivity contribution in [1.82, 2.24) is 0 Å². The molecule has 0 atom stereocenters. The Balaban J connectivity index is 2.11. The second-order valence-electron chi connectivity index (χ2n) is 6.18. The molecule has 1 amide bonds. The van der Waals surface area contributed by atoms with Crippen molar-refractivity contribution in [2.24, 2.45) is 0 Å². The van der Waals surface area contributed by atoms with Crippen LogP contribution in [0.4, 0.5) is 11.4 Å². The van der Waals surface area contributed by atoms with Crippen LogP contribution in [0.3, 0.4) is 0 Å². The number of nitrogens with one attached hydrogen (secondary N) is 2. The van der Waals surface area contributed by atoms with E-state index in [2.05, 4.69) is 10.6 Å². The van der Waals surface area contributed by atoms with E-state index in [1.165, 1.54) is 26.4 Å².